The SMILES string of the molecule is Cc1nc(-c2cc(C(=O)N3[C@H](C(=O)O)C[C@@H]4CCCC[C@@H]43)co2)cs1. The number of aromatic nitrogens is 1. The zero-order chi connectivity index (χ0) is 17.6. The third kappa shape index (κ3) is 2.86. The molecule has 3 heterocycles. The number of carbonyl (C=O) groups excluding carboxylic acids is 1. The maximum Gasteiger partial charge on any atom is 0.326 e. The van der Waals surface area contributed by atoms with E-state index in [1.807, 2.05) is 12.3 Å². The van der Waals surface area contributed by atoms with Gasteiger partial charge in [0.15, 0.2) is 5.76 Å². The summed E-state index contributed by atoms with van der Waals surface area (Å²) in [6.07, 6.45) is 6.03. The maximum absolute atomic E-state index is 13.1. The van der Waals surface area contributed by atoms with Gasteiger partial charge in [-0.2, -0.15) is 0 Å². The van der Waals surface area contributed by atoms with Crippen LogP contribution in [0.1, 0.15) is 47.5 Å². The second-order valence-corrected chi connectivity index (χ2v) is 7.93. The Morgan fingerprint density at radius 1 is 1.36 bits per heavy atom. The van der Waals surface area contributed by atoms with Crippen LogP contribution >= 0.6 is 11.3 Å². The van der Waals surface area contributed by atoms with Crippen LogP contribution in [0.25, 0.3) is 11.5 Å². The van der Waals surface area contributed by atoms with E-state index >= 15 is 0 Å². The van der Waals surface area contributed by atoms with Crippen LogP contribution in [0.15, 0.2) is 22.1 Å². The molecule has 2 aromatic rings. The summed E-state index contributed by atoms with van der Waals surface area (Å²) in [5.74, 6) is -0.323. The van der Waals surface area contributed by atoms with E-state index in [2.05, 4.69) is 4.98 Å². The van der Waals surface area contributed by atoms with Gasteiger partial charge in [-0.25, -0.2) is 9.78 Å². The van der Waals surface area contributed by atoms with E-state index < -0.39 is 12.0 Å². The smallest absolute Gasteiger partial charge is 0.326 e. The predicted molar refractivity (Wildman–Crippen MR) is 92.5 cm³/mol. The van der Waals surface area contributed by atoms with Gasteiger partial charge in [0.2, 0.25) is 0 Å². The Morgan fingerprint density at radius 2 is 2.16 bits per heavy atom. The number of likely N-dealkylation sites (tertiary alicyclic amines) is 1. The average molecular weight is 360 g/mol. The molecule has 3 atom stereocenters. The first-order valence-corrected chi connectivity index (χ1v) is 9.49. The molecule has 4 rings (SSSR count). The summed E-state index contributed by atoms with van der Waals surface area (Å²) in [4.78, 5) is 30.7. The van der Waals surface area contributed by atoms with E-state index in [0.717, 1.165) is 30.7 Å². The van der Waals surface area contributed by atoms with Crippen LogP contribution in [-0.4, -0.2) is 39.0 Å². The molecular weight excluding hydrogens is 340 g/mol. The Morgan fingerprint density at radius 3 is 2.88 bits per heavy atom. The summed E-state index contributed by atoms with van der Waals surface area (Å²) in [5, 5.41) is 12.4. The number of amides is 1. The molecule has 0 spiro atoms. The van der Waals surface area contributed by atoms with Crippen LogP contribution in [0.2, 0.25) is 0 Å². The van der Waals surface area contributed by atoms with Gasteiger partial charge in [0.05, 0.1) is 10.6 Å². The molecule has 1 saturated carbocycles. The Bertz CT molecular complexity index is 812. The van der Waals surface area contributed by atoms with Gasteiger partial charge in [0.25, 0.3) is 5.91 Å². The van der Waals surface area contributed by atoms with Crippen LogP contribution in [0.4, 0.5) is 0 Å². The minimum Gasteiger partial charge on any atom is -0.480 e. The summed E-state index contributed by atoms with van der Waals surface area (Å²) in [6, 6.07) is 0.967. The zero-order valence-corrected chi connectivity index (χ0v) is 14.8. The van der Waals surface area contributed by atoms with Crippen LogP contribution in [0, 0.1) is 12.8 Å². The molecule has 132 valence electrons. The largest absolute Gasteiger partial charge is 0.480 e. The first kappa shape index (κ1) is 16.3. The van der Waals surface area contributed by atoms with Crippen molar-refractivity contribution in [3.05, 3.63) is 28.3 Å². The predicted octanol–water partition coefficient (Wildman–Crippen LogP) is 3.57. The van der Waals surface area contributed by atoms with Crippen molar-refractivity contribution in [1.29, 1.82) is 0 Å². The van der Waals surface area contributed by atoms with E-state index in [1.165, 1.54) is 17.6 Å². The van der Waals surface area contributed by atoms with Gasteiger partial charge in [-0.1, -0.05) is 12.8 Å². The summed E-state index contributed by atoms with van der Waals surface area (Å²) >= 11 is 1.52. The van der Waals surface area contributed by atoms with Crippen molar-refractivity contribution < 1.29 is 19.1 Å². The normalized spacial score (nSPS) is 25.8. The van der Waals surface area contributed by atoms with E-state index in [-0.39, 0.29) is 11.9 Å². The summed E-state index contributed by atoms with van der Waals surface area (Å²) < 4.78 is 5.53. The van der Waals surface area contributed by atoms with Gasteiger partial charge in [-0.3, -0.25) is 4.79 Å². The molecule has 0 bridgehead atoms. The third-order valence-corrected chi connectivity index (χ3v) is 6.10. The van der Waals surface area contributed by atoms with Crippen molar-refractivity contribution in [2.24, 2.45) is 5.92 Å². The number of carbonyl (C=O) groups is 2. The van der Waals surface area contributed by atoms with Crippen LogP contribution < -0.4 is 0 Å². The monoisotopic (exact) mass is 360 g/mol. The van der Waals surface area contributed by atoms with E-state index in [0.29, 0.717) is 29.4 Å². The third-order valence-electron chi connectivity index (χ3n) is 5.33. The number of carboxylic acids is 1. The van der Waals surface area contributed by atoms with Crippen molar-refractivity contribution in [3.63, 3.8) is 0 Å². The molecule has 1 N–H and O–H groups in total. The molecule has 0 radical (unpaired) electrons. The summed E-state index contributed by atoms with van der Waals surface area (Å²) in [7, 11) is 0. The maximum atomic E-state index is 13.1. The molecule has 1 aliphatic heterocycles. The molecule has 7 heteroatoms. The molecule has 2 aliphatic rings. The number of carboxylic acid groups (broad SMARTS) is 1. The lowest BCUT2D eigenvalue weighted by Crippen LogP contribution is -2.46. The lowest BCUT2D eigenvalue weighted by Gasteiger charge is -2.32. The Kier molecular flexibility index (Phi) is 4.11. The van der Waals surface area contributed by atoms with Gasteiger partial charge in [-0.15, -0.1) is 11.3 Å². The fourth-order valence-corrected chi connectivity index (χ4v) is 4.78. The number of aliphatic carboxylic acids is 1. The van der Waals surface area contributed by atoms with E-state index in [1.54, 1.807) is 11.0 Å². The Labute approximate surface area is 149 Å². The Balaban J connectivity index is 1.62. The number of fused-ring (bicyclic) bond motifs is 1. The minimum absolute atomic E-state index is 0.0298. The van der Waals surface area contributed by atoms with Gasteiger partial charge >= 0.3 is 5.97 Å². The second-order valence-electron chi connectivity index (χ2n) is 6.87. The van der Waals surface area contributed by atoms with Crippen LogP contribution in [-0.2, 0) is 4.79 Å². The quantitative estimate of drug-likeness (QED) is 0.905. The zero-order valence-electron chi connectivity index (χ0n) is 14.0. The number of rotatable bonds is 3. The van der Waals surface area contributed by atoms with Gasteiger partial charge in [0.1, 0.15) is 18.0 Å². The fraction of sp³-hybridized carbons (Fsp3) is 0.500. The lowest BCUT2D eigenvalue weighted by molar-refractivity contribution is -0.141. The number of nitrogens with zero attached hydrogens (tertiary/aromatic N) is 2. The summed E-state index contributed by atoms with van der Waals surface area (Å²) in [5.41, 5.74) is 1.10. The molecule has 2 fully saturated rings. The van der Waals surface area contributed by atoms with E-state index in [9.17, 15) is 14.7 Å². The van der Waals surface area contributed by atoms with Gasteiger partial charge in [-0.05, 0) is 38.2 Å². The molecular formula is C18H20N2O4S. The van der Waals surface area contributed by atoms with Gasteiger partial charge in [0, 0.05) is 11.4 Å². The second kappa shape index (κ2) is 6.29. The number of aryl methyl sites for hydroxylation is 1. The summed E-state index contributed by atoms with van der Waals surface area (Å²) in [6.45, 7) is 1.91. The molecule has 6 nitrogen and oxygen atoms in total. The van der Waals surface area contributed by atoms with Crippen LogP contribution in [0.5, 0.6) is 0 Å². The van der Waals surface area contributed by atoms with Crippen LogP contribution in [0.3, 0.4) is 0 Å². The standard InChI is InChI=1S/C18H20N2O4S/c1-10-19-13(9-25-10)16-7-12(8-24-16)17(21)20-14-5-3-2-4-11(14)6-15(20)18(22)23/h7-9,11,14-15H,2-6H2,1H3,(H,22,23)/t11-,14-,15-/m0/s1. The highest BCUT2D eigenvalue weighted by Crippen LogP contribution is 2.40. The average Bonchev–Trinajstić information content (AvgIpc) is 3.31. The molecule has 1 amide bonds. The van der Waals surface area contributed by atoms with Crippen molar-refractivity contribution in [3.8, 4) is 11.5 Å². The highest BCUT2D eigenvalue weighted by atomic mass is 32.1. The molecule has 2 aromatic heterocycles. The molecule has 1 saturated heterocycles. The first-order chi connectivity index (χ1) is 12.0. The number of hydrogen-bond donors (Lipinski definition) is 1. The lowest BCUT2D eigenvalue weighted by atomic mass is 9.84. The van der Waals surface area contributed by atoms with Crippen molar-refractivity contribution in [1.82, 2.24) is 9.88 Å². The van der Waals surface area contributed by atoms with Gasteiger partial charge < -0.3 is 14.4 Å². The van der Waals surface area contributed by atoms with Crippen molar-refractivity contribution in [2.45, 2.75) is 51.1 Å². The highest BCUT2D eigenvalue weighted by Gasteiger charge is 2.47. The highest BCUT2D eigenvalue weighted by molar-refractivity contribution is 7.09. The molecule has 0 aromatic carbocycles. The molecule has 1 aliphatic carbocycles. The minimum atomic E-state index is -0.915. The number of furan rings is 1. The number of hydrogen-bond acceptors (Lipinski definition) is 5. The number of thiazole rings is 1. The first-order valence-electron chi connectivity index (χ1n) is 8.61. The Hall–Kier alpha value is -2.15. The van der Waals surface area contributed by atoms with E-state index in [4.69, 9.17) is 4.42 Å². The van der Waals surface area contributed by atoms with Crippen molar-refractivity contribution >= 4 is 23.2 Å². The topological polar surface area (TPSA) is 83.6 Å². The molecule has 0 unspecified atom stereocenters. The van der Waals surface area contributed by atoms with Crippen molar-refractivity contribution in [2.75, 3.05) is 0 Å². The fourth-order valence-electron chi connectivity index (χ4n) is 4.18. The molecule has 25 heavy (non-hydrogen) atoms.